The van der Waals surface area contributed by atoms with Crippen LogP contribution in [0.2, 0.25) is 0 Å². The number of hydrogen-bond acceptors (Lipinski definition) is 4. The number of amides is 2. The quantitative estimate of drug-likeness (QED) is 0.365. The number of halogens is 2. The van der Waals surface area contributed by atoms with Crippen LogP contribution in [0.5, 0.6) is 0 Å². The molecule has 2 amide bonds. The predicted molar refractivity (Wildman–Crippen MR) is 98.4 cm³/mol. The molecule has 0 fully saturated rings. The first kappa shape index (κ1) is 22.8. The molecule has 6 nitrogen and oxygen atoms in total. The van der Waals surface area contributed by atoms with E-state index in [2.05, 4.69) is 17.2 Å². The lowest BCUT2D eigenvalue weighted by atomic mass is 10.1. The van der Waals surface area contributed by atoms with Gasteiger partial charge in [-0.25, -0.2) is 14.3 Å². The number of carbonyl (C=O) groups is 2. The summed E-state index contributed by atoms with van der Waals surface area (Å²) in [6.07, 6.45) is -1.22. The van der Waals surface area contributed by atoms with Crippen molar-refractivity contribution in [3.63, 3.8) is 0 Å². The molecule has 0 spiro atoms. The summed E-state index contributed by atoms with van der Waals surface area (Å²) in [6.45, 7) is 1.29. The average molecular weight is 390 g/mol. The summed E-state index contributed by atoms with van der Waals surface area (Å²) >= 11 is 0. The van der Waals surface area contributed by atoms with Crippen LogP contribution in [0.25, 0.3) is 0 Å². The van der Waals surface area contributed by atoms with E-state index in [1.807, 2.05) is 0 Å². The van der Waals surface area contributed by atoms with E-state index in [9.17, 15) is 23.5 Å². The van der Waals surface area contributed by atoms with Crippen LogP contribution in [0.15, 0.2) is 42.5 Å². The SMILES string of the molecule is C.C[C@@H](O)[C@H](NC(=O)c1ccc(C#Cc2ccc(F)c(F)c2)cc1)C(=O)NO. The number of nitrogens with one attached hydrogen (secondary N) is 2. The molecule has 2 rings (SSSR count). The largest absolute Gasteiger partial charge is 0.391 e. The van der Waals surface area contributed by atoms with Crippen LogP contribution in [0.3, 0.4) is 0 Å². The number of hydrogen-bond donors (Lipinski definition) is 4. The van der Waals surface area contributed by atoms with E-state index in [1.54, 1.807) is 0 Å². The molecule has 8 heteroatoms. The van der Waals surface area contributed by atoms with Crippen LogP contribution in [0.4, 0.5) is 8.78 Å². The second-order valence-corrected chi connectivity index (χ2v) is 5.62. The molecule has 0 heterocycles. The molecular formula is C20H20F2N2O4. The molecule has 0 saturated heterocycles. The minimum atomic E-state index is -1.32. The van der Waals surface area contributed by atoms with Gasteiger partial charge in [0.25, 0.3) is 11.8 Å². The molecule has 0 aliphatic carbocycles. The molecule has 0 saturated carbocycles. The smallest absolute Gasteiger partial charge is 0.268 e. The van der Waals surface area contributed by atoms with Crippen LogP contribution in [0.1, 0.15) is 35.8 Å². The first-order valence-corrected chi connectivity index (χ1v) is 7.82. The molecule has 28 heavy (non-hydrogen) atoms. The van der Waals surface area contributed by atoms with Crippen LogP contribution in [-0.2, 0) is 4.79 Å². The number of hydroxylamine groups is 1. The van der Waals surface area contributed by atoms with E-state index >= 15 is 0 Å². The van der Waals surface area contributed by atoms with Gasteiger partial charge in [0, 0.05) is 16.7 Å². The predicted octanol–water partition coefficient (Wildman–Crippen LogP) is 1.99. The highest BCUT2D eigenvalue weighted by molar-refractivity contribution is 5.97. The Morgan fingerprint density at radius 2 is 1.57 bits per heavy atom. The molecule has 4 N–H and O–H groups in total. The van der Waals surface area contributed by atoms with Crippen molar-refractivity contribution >= 4 is 11.8 Å². The van der Waals surface area contributed by atoms with Crippen molar-refractivity contribution in [2.24, 2.45) is 0 Å². The zero-order chi connectivity index (χ0) is 20.0. The molecule has 148 valence electrons. The highest BCUT2D eigenvalue weighted by atomic mass is 19.2. The van der Waals surface area contributed by atoms with Crippen LogP contribution >= 0.6 is 0 Å². The third kappa shape index (κ3) is 5.87. The van der Waals surface area contributed by atoms with Crippen molar-refractivity contribution in [1.29, 1.82) is 0 Å². The highest BCUT2D eigenvalue weighted by Gasteiger charge is 2.25. The van der Waals surface area contributed by atoms with E-state index in [4.69, 9.17) is 5.21 Å². The van der Waals surface area contributed by atoms with E-state index in [1.165, 1.54) is 42.7 Å². The summed E-state index contributed by atoms with van der Waals surface area (Å²) < 4.78 is 26.0. The van der Waals surface area contributed by atoms with E-state index in [0.29, 0.717) is 11.1 Å². The molecule has 0 aliphatic heterocycles. The number of aliphatic hydroxyl groups excluding tert-OH is 1. The number of carbonyl (C=O) groups excluding carboxylic acids is 2. The molecule has 0 bridgehead atoms. The Balaban J connectivity index is 0.00000392. The zero-order valence-electron chi connectivity index (χ0n) is 14.2. The molecule has 0 aliphatic rings. The number of rotatable bonds is 4. The lowest BCUT2D eigenvalue weighted by molar-refractivity contribution is -0.133. The maximum atomic E-state index is 13.1. The van der Waals surface area contributed by atoms with Gasteiger partial charge in [0.2, 0.25) is 0 Å². The summed E-state index contributed by atoms with van der Waals surface area (Å²) in [5.74, 6) is 1.89. The Morgan fingerprint density at radius 1 is 1.00 bits per heavy atom. The fourth-order valence-corrected chi connectivity index (χ4v) is 2.12. The summed E-state index contributed by atoms with van der Waals surface area (Å²) in [7, 11) is 0. The maximum Gasteiger partial charge on any atom is 0.268 e. The van der Waals surface area contributed by atoms with Crippen LogP contribution in [0, 0.1) is 23.5 Å². The Morgan fingerprint density at radius 3 is 2.11 bits per heavy atom. The summed E-state index contributed by atoms with van der Waals surface area (Å²) in [5.41, 5.74) is 2.39. The van der Waals surface area contributed by atoms with Gasteiger partial charge in [-0.05, 0) is 49.4 Å². The summed E-state index contributed by atoms with van der Waals surface area (Å²) in [5, 5.41) is 20.4. The molecule has 0 radical (unpaired) electrons. The Bertz CT molecular complexity index is 903. The van der Waals surface area contributed by atoms with Crippen LogP contribution < -0.4 is 10.8 Å². The third-order valence-corrected chi connectivity index (χ3v) is 3.58. The van der Waals surface area contributed by atoms with Crippen molar-refractivity contribution in [1.82, 2.24) is 10.8 Å². The number of aliphatic hydroxyl groups is 1. The van der Waals surface area contributed by atoms with Crippen LogP contribution in [-0.4, -0.2) is 34.3 Å². The topological polar surface area (TPSA) is 98.7 Å². The van der Waals surface area contributed by atoms with Gasteiger partial charge in [0.1, 0.15) is 6.04 Å². The fraction of sp³-hybridized carbons (Fsp3) is 0.200. The normalized spacial score (nSPS) is 11.9. The Labute approximate surface area is 161 Å². The van der Waals surface area contributed by atoms with Gasteiger partial charge in [-0.2, -0.15) is 0 Å². The molecule has 2 aromatic carbocycles. The summed E-state index contributed by atoms with van der Waals surface area (Å²) in [6, 6.07) is 7.93. The second kappa shape index (κ2) is 10.2. The molecule has 2 atom stereocenters. The number of benzene rings is 2. The van der Waals surface area contributed by atoms with Crippen molar-refractivity contribution in [3.05, 3.63) is 70.8 Å². The maximum absolute atomic E-state index is 13.1. The minimum absolute atomic E-state index is 0. The molecule has 2 aromatic rings. The monoisotopic (exact) mass is 390 g/mol. The van der Waals surface area contributed by atoms with E-state index in [-0.39, 0.29) is 13.0 Å². The lowest BCUT2D eigenvalue weighted by Crippen LogP contribution is -2.51. The minimum Gasteiger partial charge on any atom is -0.391 e. The van der Waals surface area contributed by atoms with Gasteiger partial charge in [0.15, 0.2) is 11.6 Å². The lowest BCUT2D eigenvalue weighted by Gasteiger charge is -2.19. The van der Waals surface area contributed by atoms with E-state index in [0.717, 1.165) is 12.1 Å². The van der Waals surface area contributed by atoms with Gasteiger partial charge in [-0.15, -0.1) is 0 Å². The van der Waals surface area contributed by atoms with Crippen molar-refractivity contribution in [2.45, 2.75) is 26.5 Å². The molecule has 0 unspecified atom stereocenters. The first-order valence-electron chi connectivity index (χ1n) is 7.82. The van der Waals surface area contributed by atoms with Gasteiger partial charge in [-0.1, -0.05) is 19.3 Å². The Kier molecular flexibility index (Phi) is 8.26. The van der Waals surface area contributed by atoms with Gasteiger partial charge in [-0.3, -0.25) is 14.8 Å². The van der Waals surface area contributed by atoms with Gasteiger partial charge < -0.3 is 10.4 Å². The average Bonchev–Trinajstić information content (AvgIpc) is 2.66. The first-order chi connectivity index (χ1) is 12.8. The molecular weight excluding hydrogens is 370 g/mol. The third-order valence-electron chi connectivity index (χ3n) is 3.58. The standard InChI is InChI=1S/C19H16F2N2O4.CH4/c1-11(24)17(19(26)23-27)22-18(25)14-7-4-12(5-8-14)2-3-13-6-9-15(20)16(21)10-13;/h4-11,17,24,27H,1H3,(H,22,25)(H,23,26);1H4/t11-,17+;/m1./s1. The van der Waals surface area contributed by atoms with Crippen molar-refractivity contribution < 1.29 is 28.7 Å². The van der Waals surface area contributed by atoms with E-state index < -0.39 is 35.6 Å². The highest BCUT2D eigenvalue weighted by Crippen LogP contribution is 2.09. The van der Waals surface area contributed by atoms with Crippen molar-refractivity contribution in [2.75, 3.05) is 0 Å². The zero-order valence-corrected chi connectivity index (χ0v) is 14.2. The molecule has 0 aromatic heterocycles. The summed E-state index contributed by atoms with van der Waals surface area (Å²) in [4.78, 5) is 23.6. The fourth-order valence-electron chi connectivity index (χ4n) is 2.12. The second-order valence-electron chi connectivity index (χ2n) is 5.62. The Hall–Kier alpha value is -3.28. The van der Waals surface area contributed by atoms with Crippen molar-refractivity contribution in [3.8, 4) is 11.8 Å². The van der Waals surface area contributed by atoms with Gasteiger partial charge >= 0.3 is 0 Å². The van der Waals surface area contributed by atoms with Gasteiger partial charge in [0.05, 0.1) is 6.10 Å².